The molecule has 2 aliphatic heterocycles. The Labute approximate surface area is 194 Å². The maximum absolute atomic E-state index is 15.3. The van der Waals surface area contributed by atoms with E-state index in [9.17, 15) is 5.11 Å². The lowest BCUT2D eigenvalue weighted by Gasteiger charge is -2.39. The number of aromatic nitrogens is 4. The molecule has 0 saturated carbocycles. The summed E-state index contributed by atoms with van der Waals surface area (Å²) >= 11 is 12.7. The third kappa shape index (κ3) is 4.04. The van der Waals surface area contributed by atoms with Gasteiger partial charge in [-0.3, -0.25) is 9.58 Å². The molecule has 1 aromatic carbocycles. The molecule has 170 valence electrons. The summed E-state index contributed by atoms with van der Waals surface area (Å²) < 4.78 is 22.1. The van der Waals surface area contributed by atoms with Gasteiger partial charge in [0.05, 0.1) is 42.8 Å². The van der Waals surface area contributed by atoms with Crippen LogP contribution in [0.2, 0.25) is 10.2 Å². The largest absolute Gasteiger partial charge is 0.389 e. The average Bonchev–Trinajstić information content (AvgIpc) is 3.34. The van der Waals surface area contributed by atoms with Gasteiger partial charge in [-0.1, -0.05) is 23.2 Å². The molecule has 0 spiro atoms. The lowest BCUT2D eigenvalue weighted by Crippen LogP contribution is -2.50. The van der Waals surface area contributed by atoms with Crippen LogP contribution in [0.4, 0.5) is 16.0 Å². The summed E-state index contributed by atoms with van der Waals surface area (Å²) in [6.45, 7) is 1.64. The number of fused-ring (bicyclic) bond motifs is 1. The first-order valence-electron chi connectivity index (χ1n) is 10.5. The second-order valence-electron chi connectivity index (χ2n) is 8.30. The molecule has 8 nitrogen and oxygen atoms in total. The van der Waals surface area contributed by atoms with Gasteiger partial charge in [0.1, 0.15) is 11.3 Å². The number of aryl methyl sites for hydroxylation is 1. The van der Waals surface area contributed by atoms with Gasteiger partial charge in [0.25, 0.3) is 0 Å². The van der Waals surface area contributed by atoms with Crippen LogP contribution in [0.5, 0.6) is 0 Å². The normalized spacial score (nSPS) is 26.7. The van der Waals surface area contributed by atoms with E-state index in [2.05, 4.69) is 20.4 Å². The Kier molecular flexibility index (Phi) is 5.94. The van der Waals surface area contributed by atoms with Gasteiger partial charge < -0.3 is 15.2 Å². The van der Waals surface area contributed by atoms with Crippen molar-refractivity contribution in [1.82, 2.24) is 24.6 Å². The minimum atomic E-state index is -1.11. The van der Waals surface area contributed by atoms with Crippen molar-refractivity contribution in [2.24, 2.45) is 7.05 Å². The van der Waals surface area contributed by atoms with Crippen LogP contribution in [0.3, 0.4) is 0 Å². The fraction of sp³-hybridized carbons (Fsp3) is 0.476. The van der Waals surface area contributed by atoms with Crippen molar-refractivity contribution < 1.29 is 14.2 Å². The molecule has 2 unspecified atom stereocenters. The second kappa shape index (κ2) is 8.72. The number of aliphatic hydroxyl groups is 1. The molecule has 2 aromatic heterocycles. The lowest BCUT2D eigenvalue weighted by molar-refractivity contribution is 0.0353. The predicted octanol–water partition coefficient (Wildman–Crippen LogP) is 3.30. The predicted molar refractivity (Wildman–Crippen MR) is 120 cm³/mol. The standard InChI is InChI=1S/C21H23Cl2FN6O2/c1-29-20(23)17(7-26-29)28-21-25-6-11-4-14(22)13(5-16(11)27-21)12-2-3-30(8-15(12)24)18-9-32-10-19(18)31/h4-7,12,15,18-19,31H,2-3,8-10H2,1H3,(H,25,27,28)/t12?,15-,18?,19+/m0/s1. The van der Waals surface area contributed by atoms with Gasteiger partial charge in [0, 0.05) is 36.1 Å². The number of nitrogens with one attached hydrogen (secondary N) is 1. The van der Waals surface area contributed by atoms with E-state index in [0.29, 0.717) is 53.5 Å². The first-order chi connectivity index (χ1) is 15.4. The zero-order valence-corrected chi connectivity index (χ0v) is 18.9. The van der Waals surface area contributed by atoms with E-state index in [0.717, 1.165) is 10.9 Å². The molecular formula is C21H23Cl2FN6O2. The quantitative estimate of drug-likeness (QED) is 0.591. The molecule has 5 rings (SSSR count). The van der Waals surface area contributed by atoms with Crippen LogP contribution in [-0.2, 0) is 11.8 Å². The molecule has 11 heteroatoms. The number of nitrogens with zero attached hydrogens (tertiary/aromatic N) is 5. The number of rotatable bonds is 4. The summed E-state index contributed by atoms with van der Waals surface area (Å²) in [5.41, 5.74) is 1.99. The van der Waals surface area contributed by atoms with Crippen LogP contribution in [0, 0.1) is 0 Å². The van der Waals surface area contributed by atoms with E-state index in [-0.39, 0.29) is 18.5 Å². The highest BCUT2D eigenvalue weighted by atomic mass is 35.5. The van der Waals surface area contributed by atoms with E-state index < -0.39 is 12.3 Å². The van der Waals surface area contributed by atoms with E-state index in [4.69, 9.17) is 27.9 Å². The number of alkyl halides is 1. The minimum Gasteiger partial charge on any atom is -0.389 e. The summed E-state index contributed by atoms with van der Waals surface area (Å²) in [5.74, 6) is 0.0178. The highest BCUT2D eigenvalue weighted by Gasteiger charge is 2.39. The topological polar surface area (TPSA) is 88.3 Å². The molecule has 0 radical (unpaired) electrons. The Morgan fingerprint density at radius 3 is 2.78 bits per heavy atom. The van der Waals surface area contributed by atoms with E-state index in [1.165, 1.54) is 4.68 Å². The van der Waals surface area contributed by atoms with E-state index in [1.54, 1.807) is 25.5 Å². The van der Waals surface area contributed by atoms with Crippen LogP contribution < -0.4 is 5.32 Å². The molecule has 2 aliphatic rings. The van der Waals surface area contributed by atoms with Crippen molar-refractivity contribution >= 4 is 45.7 Å². The van der Waals surface area contributed by atoms with Crippen LogP contribution in [-0.4, -0.2) is 74.4 Å². The second-order valence-corrected chi connectivity index (χ2v) is 9.07. The molecule has 3 aromatic rings. The van der Waals surface area contributed by atoms with Crippen molar-refractivity contribution in [3.05, 3.63) is 40.3 Å². The van der Waals surface area contributed by atoms with Crippen LogP contribution in [0.1, 0.15) is 17.9 Å². The molecular weight excluding hydrogens is 458 g/mol. The number of hydrogen-bond donors (Lipinski definition) is 2. The molecule has 4 atom stereocenters. The Hall–Kier alpha value is -2.04. The molecule has 2 N–H and O–H groups in total. The van der Waals surface area contributed by atoms with Gasteiger partial charge in [0.2, 0.25) is 5.95 Å². The first-order valence-corrected chi connectivity index (χ1v) is 11.2. The molecule has 32 heavy (non-hydrogen) atoms. The van der Waals surface area contributed by atoms with Gasteiger partial charge in [-0.15, -0.1) is 0 Å². The zero-order valence-electron chi connectivity index (χ0n) is 17.4. The minimum absolute atomic E-state index is 0.151. The number of anilines is 2. The third-order valence-corrected chi connectivity index (χ3v) is 7.05. The van der Waals surface area contributed by atoms with E-state index >= 15 is 4.39 Å². The molecule has 4 heterocycles. The number of halogens is 3. The van der Waals surface area contributed by atoms with Gasteiger partial charge in [0.15, 0.2) is 0 Å². The monoisotopic (exact) mass is 480 g/mol. The number of piperidine rings is 1. The zero-order chi connectivity index (χ0) is 22.4. The molecule has 2 fully saturated rings. The SMILES string of the molecule is Cn1ncc(Nc2ncc3cc(Cl)c(C4CCN(C5COC[C@H]5O)C[C@@H]4F)cc3n2)c1Cl. The highest BCUT2D eigenvalue weighted by molar-refractivity contribution is 6.32. The smallest absolute Gasteiger partial charge is 0.227 e. The third-order valence-electron chi connectivity index (χ3n) is 6.27. The fourth-order valence-corrected chi connectivity index (χ4v) is 4.95. The van der Waals surface area contributed by atoms with Crippen LogP contribution in [0.25, 0.3) is 10.9 Å². The Morgan fingerprint density at radius 1 is 1.25 bits per heavy atom. The number of benzene rings is 1. The Morgan fingerprint density at radius 2 is 2.09 bits per heavy atom. The lowest BCUT2D eigenvalue weighted by atomic mass is 9.86. The molecule has 0 amide bonds. The summed E-state index contributed by atoms with van der Waals surface area (Å²) in [5, 5.41) is 18.9. The van der Waals surface area contributed by atoms with Gasteiger partial charge in [-0.05, 0) is 30.7 Å². The van der Waals surface area contributed by atoms with Gasteiger partial charge in [-0.2, -0.15) is 5.10 Å². The summed E-state index contributed by atoms with van der Waals surface area (Å²) in [6, 6.07) is 3.47. The van der Waals surface area contributed by atoms with Gasteiger partial charge in [-0.25, -0.2) is 14.4 Å². The maximum Gasteiger partial charge on any atom is 0.227 e. The molecule has 0 aliphatic carbocycles. The number of ether oxygens (including phenoxy) is 1. The van der Waals surface area contributed by atoms with Crippen molar-refractivity contribution in [2.45, 2.75) is 30.7 Å². The number of aliphatic hydroxyl groups excluding tert-OH is 1. The number of likely N-dealkylation sites (tertiary alicyclic amines) is 1. The fourth-order valence-electron chi connectivity index (χ4n) is 4.50. The molecule has 2 saturated heterocycles. The molecule has 0 bridgehead atoms. The van der Waals surface area contributed by atoms with Crippen molar-refractivity contribution in [3.8, 4) is 0 Å². The average molecular weight is 481 g/mol. The number of hydrogen-bond acceptors (Lipinski definition) is 7. The van der Waals surface area contributed by atoms with Crippen LogP contribution >= 0.6 is 23.2 Å². The van der Waals surface area contributed by atoms with Crippen molar-refractivity contribution in [2.75, 3.05) is 31.6 Å². The summed E-state index contributed by atoms with van der Waals surface area (Å²) in [4.78, 5) is 10.9. The first kappa shape index (κ1) is 21.8. The van der Waals surface area contributed by atoms with Gasteiger partial charge >= 0.3 is 0 Å². The Bertz CT molecular complexity index is 1140. The summed E-state index contributed by atoms with van der Waals surface area (Å²) in [7, 11) is 1.74. The van der Waals surface area contributed by atoms with Crippen molar-refractivity contribution in [1.29, 1.82) is 0 Å². The van der Waals surface area contributed by atoms with Crippen LogP contribution in [0.15, 0.2) is 24.5 Å². The van der Waals surface area contributed by atoms with E-state index in [1.807, 2.05) is 11.0 Å². The maximum atomic E-state index is 15.3. The van der Waals surface area contributed by atoms with Crippen molar-refractivity contribution in [3.63, 3.8) is 0 Å². The highest BCUT2D eigenvalue weighted by Crippen LogP contribution is 2.38. The Balaban J connectivity index is 1.39. The summed E-state index contributed by atoms with van der Waals surface area (Å²) in [6.07, 6.45) is 2.18.